The summed E-state index contributed by atoms with van der Waals surface area (Å²) >= 11 is 0. The minimum atomic E-state index is -0.0656. The van der Waals surface area contributed by atoms with E-state index in [2.05, 4.69) is 22.3 Å². The molecule has 1 aromatic heterocycles. The highest BCUT2D eigenvalue weighted by molar-refractivity contribution is 4.87. The predicted molar refractivity (Wildman–Crippen MR) is 60.8 cm³/mol. The fourth-order valence-electron chi connectivity index (χ4n) is 1.67. The number of hydrogen-bond acceptors (Lipinski definition) is 5. The van der Waals surface area contributed by atoms with Crippen molar-refractivity contribution in [3.63, 3.8) is 0 Å². The van der Waals surface area contributed by atoms with Gasteiger partial charge in [0.25, 0.3) is 0 Å². The molecule has 2 N–H and O–H groups in total. The normalized spacial score (nSPS) is 15.0. The lowest BCUT2D eigenvalue weighted by Crippen LogP contribution is -2.39. The van der Waals surface area contributed by atoms with Crippen LogP contribution < -0.4 is 5.73 Å². The van der Waals surface area contributed by atoms with Crippen LogP contribution in [0.25, 0.3) is 0 Å². The van der Waals surface area contributed by atoms with Gasteiger partial charge in [-0.25, -0.2) is 0 Å². The molecule has 2 unspecified atom stereocenters. The Kier molecular flexibility index (Phi) is 5.34. The van der Waals surface area contributed by atoms with Crippen molar-refractivity contribution in [3.05, 3.63) is 5.82 Å². The van der Waals surface area contributed by atoms with Gasteiger partial charge in [-0.2, -0.15) is 4.80 Å². The van der Waals surface area contributed by atoms with E-state index in [0.717, 1.165) is 12.8 Å². The van der Waals surface area contributed by atoms with Crippen LogP contribution in [0, 0.1) is 0 Å². The molecule has 0 aliphatic rings. The molecule has 0 saturated heterocycles. The Morgan fingerprint density at radius 2 is 2.19 bits per heavy atom. The summed E-state index contributed by atoms with van der Waals surface area (Å²) in [6.45, 7) is 4.79. The summed E-state index contributed by atoms with van der Waals surface area (Å²) < 4.78 is 5.62. The fraction of sp³-hybridized carbons (Fsp3) is 0.900. The van der Waals surface area contributed by atoms with Gasteiger partial charge >= 0.3 is 0 Å². The maximum Gasteiger partial charge on any atom is 0.176 e. The number of hydrogen-bond donors (Lipinski definition) is 1. The van der Waals surface area contributed by atoms with Gasteiger partial charge in [0.05, 0.1) is 13.2 Å². The Bertz CT molecular complexity index is 295. The molecule has 6 heteroatoms. The van der Waals surface area contributed by atoms with E-state index in [0.29, 0.717) is 18.9 Å². The first-order valence-electron chi connectivity index (χ1n) is 5.77. The molecule has 1 aromatic rings. The van der Waals surface area contributed by atoms with Gasteiger partial charge in [-0.05, 0) is 18.6 Å². The first-order chi connectivity index (χ1) is 7.67. The molecule has 6 nitrogen and oxygen atoms in total. The monoisotopic (exact) mass is 227 g/mol. The molecule has 0 bridgehead atoms. The lowest BCUT2D eigenvalue weighted by molar-refractivity contribution is 0.0374. The Morgan fingerprint density at radius 1 is 1.44 bits per heavy atom. The summed E-state index contributed by atoms with van der Waals surface area (Å²) in [6, 6.07) is -0.0656. The van der Waals surface area contributed by atoms with Crippen molar-refractivity contribution in [1.29, 1.82) is 0 Å². The summed E-state index contributed by atoms with van der Waals surface area (Å²) in [5.74, 6) is 0.677. The van der Waals surface area contributed by atoms with Crippen molar-refractivity contribution in [3.8, 4) is 0 Å². The summed E-state index contributed by atoms with van der Waals surface area (Å²) in [7, 11) is 1.74. The molecule has 0 spiro atoms. The van der Waals surface area contributed by atoms with E-state index in [-0.39, 0.29) is 12.1 Å². The second kappa shape index (κ2) is 6.55. The molecular formula is C10H21N5O. The van der Waals surface area contributed by atoms with E-state index in [9.17, 15) is 0 Å². The van der Waals surface area contributed by atoms with Gasteiger partial charge in [-0.3, -0.25) is 0 Å². The highest BCUT2D eigenvalue weighted by Crippen LogP contribution is 2.08. The molecule has 0 amide bonds. The number of tetrazole rings is 1. The molecule has 16 heavy (non-hydrogen) atoms. The number of nitrogens with two attached hydrogens (primary N) is 1. The van der Waals surface area contributed by atoms with Crippen molar-refractivity contribution in [2.24, 2.45) is 12.8 Å². The Labute approximate surface area is 96.2 Å². The molecule has 0 aromatic carbocycles. The summed E-state index contributed by atoms with van der Waals surface area (Å²) in [4.78, 5) is 1.44. The first-order valence-corrected chi connectivity index (χ1v) is 5.77. The molecule has 1 rings (SSSR count). The maximum atomic E-state index is 6.09. The largest absolute Gasteiger partial charge is 0.377 e. The quantitative estimate of drug-likeness (QED) is 0.724. The third kappa shape index (κ3) is 3.86. The van der Waals surface area contributed by atoms with E-state index in [1.165, 1.54) is 4.80 Å². The van der Waals surface area contributed by atoms with Gasteiger partial charge in [0, 0.05) is 19.1 Å². The van der Waals surface area contributed by atoms with E-state index < -0.39 is 0 Å². The van der Waals surface area contributed by atoms with Crippen LogP contribution in [0.5, 0.6) is 0 Å². The number of rotatable bonds is 7. The molecule has 92 valence electrons. The van der Waals surface area contributed by atoms with Crippen LogP contribution >= 0.6 is 0 Å². The molecule has 0 aliphatic carbocycles. The Balaban J connectivity index is 2.50. The smallest absolute Gasteiger partial charge is 0.176 e. The van der Waals surface area contributed by atoms with Crippen molar-refractivity contribution in [1.82, 2.24) is 20.2 Å². The number of aryl methyl sites for hydroxylation is 1. The molecule has 0 aliphatic heterocycles. The van der Waals surface area contributed by atoms with E-state index in [1.54, 1.807) is 7.05 Å². The zero-order valence-corrected chi connectivity index (χ0v) is 10.3. The van der Waals surface area contributed by atoms with Crippen LogP contribution in [-0.4, -0.2) is 39.0 Å². The van der Waals surface area contributed by atoms with Crippen LogP contribution in [0.1, 0.15) is 32.5 Å². The van der Waals surface area contributed by atoms with Gasteiger partial charge in [0.1, 0.15) is 0 Å². The van der Waals surface area contributed by atoms with Gasteiger partial charge in [-0.15, -0.1) is 10.2 Å². The van der Waals surface area contributed by atoms with E-state index in [1.807, 2.05) is 6.92 Å². The van der Waals surface area contributed by atoms with Crippen LogP contribution in [-0.2, 0) is 18.2 Å². The molecule has 0 saturated carbocycles. The molecular weight excluding hydrogens is 206 g/mol. The number of nitrogens with zero attached hydrogens (tertiary/aromatic N) is 4. The van der Waals surface area contributed by atoms with E-state index in [4.69, 9.17) is 10.5 Å². The highest BCUT2D eigenvalue weighted by atomic mass is 16.5. The van der Waals surface area contributed by atoms with Crippen LogP contribution in [0.15, 0.2) is 0 Å². The number of aromatic nitrogens is 4. The summed E-state index contributed by atoms with van der Waals surface area (Å²) in [5.41, 5.74) is 6.09. The van der Waals surface area contributed by atoms with Crippen LogP contribution in [0.4, 0.5) is 0 Å². The standard InChI is InChI=1S/C10H21N5O/c1-4-6-9(16-5-2)8(11)7-10-12-14-15(3)13-10/h8-9H,4-7,11H2,1-3H3. The lowest BCUT2D eigenvalue weighted by atomic mass is 10.0. The topological polar surface area (TPSA) is 78.9 Å². The van der Waals surface area contributed by atoms with Crippen molar-refractivity contribution >= 4 is 0 Å². The van der Waals surface area contributed by atoms with E-state index >= 15 is 0 Å². The Morgan fingerprint density at radius 3 is 2.69 bits per heavy atom. The minimum absolute atomic E-state index is 0.0656. The SMILES string of the molecule is CCCC(OCC)C(N)Cc1nnn(C)n1. The molecule has 0 fully saturated rings. The second-order valence-electron chi connectivity index (χ2n) is 3.85. The summed E-state index contributed by atoms with van der Waals surface area (Å²) in [5, 5.41) is 11.8. The van der Waals surface area contributed by atoms with Crippen molar-refractivity contribution in [2.45, 2.75) is 45.3 Å². The fourth-order valence-corrected chi connectivity index (χ4v) is 1.67. The predicted octanol–water partition coefficient (Wildman–Crippen LogP) is 0.285. The third-order valence-electron chi connectivity index (χ3n) is 2.40. The zero-order chi connectivity index (χ0) is 12.0. The third-order valence-corrected chi connectivity index (χ3v) is 2.40. The van der Waals surface area contributed by atoms with Crippen molar-refractivity contribution < 1.29 is 4.74 Å². The minimum Gasteiger partial charge on any atom is -0.377 e. The molecule has 2 atom stereocenters. The van der Waals surface area contributed by atoms with Crippen LogP contribution in [0.3, 0.4) is 0 Å². The zero-order valence-electron chi connectivity index (χ0n) is 10.3. The number of ether oxygens (including phenoxy) is 1. The lowest BCUT2D eigenvalue weighted by Gasteiger charge is -2.22. The van der Waals surface area contributed by atoms with Gasteiger partial charge in [0.2, 0.25) is 0 Å². The van der Waals surface area contributed by atoms with Gasteiger partial charge < -0.3 is 10.5 Å². The Hall–Kier alpha value is -1.01. The molecule has 0 radical (unpaired) electrons. The second-order valence-corrected chi connectivity index (χ2v) is 3.85. The average Bonchev–Trinajstić information content (AvgIpc) is 2.63. The molecule has 1 heterocycles. The maximum absolute atomic E-state index is 6.09. The van der Waals surface area contributed by atoms with Gasteiger partial charge in [0.15, 0.2) is 5.82 Å². The highest BCUT2D eigenvalue weighted by Gasteiger charge is 2.19. The van der Waals surface area contributed by atoms with Gasteiger partial charge in [-0.1, -0.05) is 13.3 Å². The van der Waals surface area contributed by atoms with Crippen LogP contribution in [0.2, 0.25) is 0 Å². The first kappa shape index (κ1) is 13.1. The van der Waals surface area contributed by atoms with Crippen molar-refractivity contribution in [2.75, 3.05) is 6.61 Å². The summed E-state index contributed by atoms with van der Waals surface area (Å²) in [6.07, 6.45) is 2.72. The average molecular weight is 227 g/mol.